The summed E-state index contributed by atoms with van der Waals surface area (Å²) in [6.45, 7) is 3.13. The van der Waals surface area contributed by atoms with Gasteiger partial charge in [-0.15, -0.1) is 0 Å². The Hall–Kier alpha value is -1.12. The van der Waals surface area contributed by atoms with E-state index in [0.717, 1.165) is 55.7 Å². The summed E-state index contributed by atoms with van der Waals surface area (Å²) in [6.07, 6.45) is 6.37. The van der Waals surface area contributed by atoms with Crippen molar-refractivity contribution in [2.75, 3.05) is 0 Å². The second kappa shape index (κ2) is 3.72. The summed E-state index contributed by atoms with van der Waals surface area (Å²) in [7, 11) is 0. The highest BCUT2D eigenvalue weighted by molar-refractivity contribution is 5.22. The molecule has 1 atom stereocenters. The Morgan fingerprint density at radius 3 is 3.06 bits per heavy atom. The van der Waals surface area contributed by atoms with Crippen LogP contribution in [0.4, 0.5) is 0 Å². The van der Waals surface area contributed by atoms with E-state index in [4.69, 9.17) is 4.98 Å². The van der Waals surface area contributed by atoms with Gasteiger partial charge in [0.15, 0.2) is 0 Å². The predicted octanol–water partition coefficient (Wildman–Crippen LogP) is 1.70. The van der Waals surface area contributed by atoms with Crippen LogP contribution in [-0.2, 0) is 25.8 Å². The highest BCUT2D eigenvalue weighted by atomic mass is 16.1. The number of aromatic nitrogens is 2. The highest BCUT2D eigenvalue weighted by Crippen LogP contribution is 2.23. The third-order valence-corrected chi connectivity index (χ3v) is 3.89. The molecule has 3 heteroatoms. The molecule has 1 aromatic rings. The first-order chi connectivity index (χ1) is 7.75. The quantitative estimate of drug-likeness (QED) is 0.664. The topological polar surface area (TPSA) is 34.9 Å². The molecule has 0 saturated carbocycles. The standard InChI is InChI=1S/C13H18N2O/c1-9-5-6-10-11(8-9)14-12-4-2-3-7-15(12)13(10)16/h9H,2-8H2,1H3. The molecule has 0 N–H and O–H groups in total. The minimum Gasteiger partial charge on any atom is -0.296 e. The molecule has 1 unspecified atom stereocenters. The molecule has 0 amide bonds. The average molecular weight is 218 g/mol. The predicted molar refractivity (Wildman–Crippen MR) is 62.6 cm³/mol. The fourth-order valence-electron chi connectivity index (χ4n) is 2.90. The van der Waals surface area contributed by atoms with Crippen molar-refractivity contribution in [3.05, 3.63) is 27.4 Å². The molecule has 0 spiro atoms. The molecule has 0 radical (unpaired) electrons. The minimum atomic E-state index is 0.256. The van der Waals surface area contributed by atoms with E-state index in [1.165, 1.54) is 6.42 Å². The summed E-state index contributed by atoms with van der Waals surface area (Å²) in [4.78, 5) is 17.0. The van der Waals surface area contributed by atoms with Crippen LogP contribution in [-0.4, -0.2) is 9.55 Å². The van der Waals surface area contributed by atoms with Crippen LogP contribution >= 0.6 is 0 Å². The average Bonchev–Trinajstić information content (AvgIpc) is 2.29. The summed E-state index contributed by atoms with van der Waals surface area (Å²) < 4.78 is 1.91. The van der Waals surface area contributed by atoms with Gasteiger partial charge < -0.3 is 0 Å². The summed E-state index contributed by atoms with van der Waals surface area (Å²) >= 11 is 0. The maximum absolute atomic E-state index is 12.3. The van der Waals surface area contributed by atoms with Gasteiger partial charge in [0.25, 0.3) is 5.56 Å². The van der Waals surface area contributed by atoms with Crippen LogP contribution in [0.3, 0.4) is 0 Å². The van der Waals surface area contributed by atoms with Crippen LogP contribution in [0, 0.1) is 5.92 Å². The van der Waals surface area contributed by atoms with Gasteiger partial charge in [0.1, 0.15) is 5.82 Å². The Labute approximate surface area is 95.5 Å². The number of rotatable bonds is 0. The van der Waals surface area contributed by atoms with Crippen LogP contribution in [0.5, 0.6) is 0 Å². The molecule has 2 aliphatic rings. The van der Waals surface area contributed by atoms with E-state index in [1.807, 2.05) is 4.57 Å². The number of aryl methyl sites for hydroxylation is 1. The molecule has 2 heterocycles. The molecule has 1 aliphatic heterocycles. The number of hydrogen-bond donors (Lipinski definition) is 0. The van der Waals surface area contributed by atoms with E-state index in [9.17, 15) is 4.79 Å². The molecule has 0 aromatic carbocycles. The lowest BCUT2D eigenvalue weighted by molar-refractivity contribution is 0.449. The Kier molecular flexibility index (Phi) is 2.34. The highest BCUT2D eigenvalue weighted by Gasteiger charge is 2.23. The third-order valence-electron chi connectivity index (χ3n) is 3.89. The fourth-order valence-corrected chi connectivity index (χ4v) is 2.90. The Morgan fingerprint density at radius 2 is 2.19 bits per heavy atom. The van der Waals surface area contributed by atoms with Crippen molar-refractivity contribution in [1.82, 2.24) is 9.55 Å². The lowest BCUT2D eigenvalue weighted by Gasteiger charge is -2.24. The normalized spacial score (nSPS) is 23.7. The van der Waals surface area contributed by atoms with Gasteiger partial charge in [0, 0.05) is 18.5 Å². The van der Waals surface area contributed by atoms with Gasteiger partial charge in [-0.25, -0.2) is 4.98 Å². The first-order valence-electron chi connectivity index (χ1n) is 6.37. The van der Waals surface area contributed by atoms with Crippen LogP contribution in [0.2, 0.25) is 0 Å². The van der Waals surface area contributed by atoms with E-state index in [1.54, 1.807) is 0 Å². The summed E-state index contributed by atoms with van der Waals surface area (Å²) in [6, 6.07) is 0. The van der Waals surface area contributed by atoms with Crippen molar-refractivity contribution < 1.29 is 0 Å². The molecule has 0 bridgehead atoms. The molecule has 3 rings (SSSR count). The van der Waals surface area contributed by atoms with Crippen molar-refractivity contribution in [3.8, 4) is 0 Å². The maximum atomic E-state index is 12.3. The van der Waals surface area contributed by atoms with Gasteiger partial charge in [-0.3, -0.25) is 9.36 Å². The number of nitrogens with zero attached hydrogens (tertiary/aromatic N) is 2. The van der Waals surface area contributed by atoms with E-state index >= 15 is 0 Å². The SMILES string of the molecule is CC1CCc2c(nc3n(c2=O)CCCC3)C1. The van der Waals surface area contributed by atoms with E-state index < -0.39 is 0 Å². The first kappa shape index (κ1) is 10.1. The van der Waals surface area contributed by atoms with Crippen molar-refractivity contribution in [2.45, 2.75) is 52.0 Å². The van der Waals surface area contributed by atoms with Gasteiger partial charge in [0.2, 0.25) is 0 Å². The Morgan fingerprint density at radius 1 is 1.31 bits per heavy atom. The van der Waals surface area contributed by atoms with E-state index in [2.05, 4.69) is 6.92 Å². The molecular weight excluding hydrogens is 200 g/mol. The Balaban J connectivity index is 2.15. The molecule has 0 fully saturated rings. The zero-order valence-electron chi connectivity index (χ0n) is 9.83. The second-order valence-corrected chi connectivity index (χ2v) is 5.22. The first-order valence-corrected chi connectivity index (χ1v) is 6.37. The van der Waals surface area contributed by atoms with Crippen molar-refractivity contribution in [1.29, 1.82) is 0 Å². The number of fused-ring (bicyclic) bond motifs is 2. The van der Waals surface area contributed by atoms with Crippen LogP contribution < -0.4 is 5.56 Å². The molecule has 16 heavy (non-hydrogen) atoms. The van der Waals surface area contributed by atoms with Gasteiger partial charge in [-0.1, -0.05) is 6.92 Å². The van der Waals surface area contributed by atoms with Crippen molar-refractivity contribution >= 4 is 0 Å². The summed E-state index contributed by atoms with van der Waals surface area (Å²) in [5.41, 5.74) is 2.35. The smallest absolute Gasteiger partial charge is 0.256 e. The van der Waals surface area contributed by atoms with E-state index in [0.29, 0.717) is 5.92 Å². The molecule has 86 valence electrons. The monoisotopic (exact) mass is 218 g/mol. The molecule has 1 aromatic heterocycles. The van der Waals surface area contributed by atoms with Crippen LogP contribution in [0.25, 0.3) is 0 Å². The van der Waals surface area contributed by atoms with Crippen molar-refractivity contribution in [2.24, 2.45) is 5.92 Å². The summed E-state index contributed by atoms with van der Waals surface area (Å²) in [5, 5.41) is 0. The van der Waals surface area contributed by atoms with Gasteiger partial charge >= 0.3 is 0 Å². The molecule has 1 aliphatic carbocycles. The zero-order valence-corrected chi connectivity index (χ0v) is 9.83. The largest absolute Gasteiger partial charge is 0.296 e. The lowest BCUT2D eigenvalue weighted by Crippen LogP contribution is -2.34. The maximum Gasteiger partial charge on any atom is 0.256 e. The van der Waals surface area contributed by atoms with Gasteiger partial charge in [-0.05, 0) is 38.0 Å². The number of hydrogen-bond acceptors (Lipinski definition) is 2. The zero-order chi connectivity index (χ0) is 11.1. The summed E-state index contributed by atoms with van der Waals surface area (Å²) in [5.74, 6) is 1.72. The fraction of sp³-hybridized carbons (Fsp3) is 0.692. The minimum absolute atomic E-state index is 0.256. The van der Waals surface area contributed by atoms with Gasteiger partial charge in [0.05, 0.1) is 5.69 Å². The molecular formula is C13H18N2O. The van der Waals surface area contributed by atoms with Gasteiger partial charge in [-0.2, -0.15) is 0 Å². The third kappa shape index (κ3) is 1.49. The van der Waals surface area contributed by atoms with E-state index in [-0.39, 0.29) is 5.56 Å². The molecule has 3 nitrogen and oxygen atoms in total. The Bertz CT molecular complexity index is 476. The second-order valence-electron chi connectivity index (χ2n) is 5.22. The van der Waals surface area contributed by atoms with Crippen molar-refractivity contribution in [3.63, 3.8) is 0 Å². The van der Waals surface area contributed by atoms with Crippen LogP contribution in [0.1, 0.15) is 43.3 Å². The lowest BCUT2D eigenvalue weighted by atomic mass is 9.88. The molecule has 0 saturated heterocycles. The van der Waals surface area contributed by atoms with Crippen LogP contribution in [0.15, 0.2) is 4.79 Å².